The summed E-state index contributed by atoms with van der Waals surface area (Å²) in [5, 5.41) is 8.71. The monoisotopic (exact) mass is 397 g/mol. The number of thioether (sulfide) groups is 1. The maximum atomic E-state index is 13.1. The van der Waals surface area contributed by atoms with Gasteiger partial charge < -0.3 is 15.0 Å². The zero-order valence-corrected chi connectivity index (χ0v) is 15.7. The van der Waals surface area contributed by atoms with Crippen molar-refractivity contribution < 1.29 is 13.5 Å². The fraction of sp³-hybridized carbons (Fsp3) is 0.105. The van der Waals surface area contributed by atoms with Gasteiger partial charge in [-0.3, -0.25) is 0 Å². The number of hydrogen-bond donors (Lipinski definition) is 1. The van der Waals surface area contributed by atoms with Crippen molar-refractivity contribution in [3.8, 4) is 28.6 Å². The summed E-state index contributed by atoms with van der Waals surface area (Å²) in [6, 6.07) is 13.4. The minimum Gasteiger partial charge on any atom is -0.497 e. The Labute approximate surface area is 164 Å². The Morgan fingerprint density at radius 3 is 2.50 bits per heavy atom. The first-order chi connectivity index (χ1) is 13.6. The maximum absolute atomic E-state index is 13.1. The van der Waals surface area contributed by atoms with Crippen LogP contribution in [-0.4, -0.2) is 27.0 Å². The molecule has 28 heavy (non-hydrogen) atoms. The van der Waals surface area contributed by atoms with Crippen molar-refractivity contribution in [2.24, 2.45) is 0 Å². The summed E-state index contributed by atoms with van der Waals surface area (Å²) in [7, 11) is 1.62. The standard InChI is InChI=1S/C19H16FN5O2S/c1-26-16-8-4-13(5-9-16)18-22-15(10-27-18)11-28-19-24-23-17(25(19)21)12-2-6-14(20)7-3-12/h2-10H,11,21H2,1H3. The third-order valence-electron chi connectivity index (χ3n) is 4.00. The first kappa shape index (κ1) is 18.1. The van der Waals surface area contributed by atoms with Crippen molar-refractivity contribution >= 4 is 11.8 Å². The number of aromatic nitrogens is 4. The molecule has 0 unspecified atom stereocenters. The largest absolute Gasteiger partial charge is 0.497 e. The lowest BCUT2D eigenvalue weighted by atomic mass is 10.2. The molecule has 0 radical (unpaired) electrons. The van der Waals surface area contributed by atoms with Crippen LogP contribution in [0.2, 0.25) is 0 Å². The molecule has 0 spiro atoms. The second kappa shape index (κ2) is 7.73. The molecule has 0 aliphatic heterocycles. The molecule has 0 saturated carbocycles. The number of methoxy groups -OCH3 is 1. The molecule has 9 heteroatoms. The van der Waals surface area contributed by atoms with Crippen LogP contribution in [0, 0.1) is 5.82 Å². The Morgan fingerprint density at radius 2 is 1.79 bits per heavy atom. The Hall–Kier alpha value is -3.33. The van der Waals surface area contributed by atoms with E-state index in [9.17, 15) is 4.39 Å². The first-order valence-electron chi connectivity index (χ1n) is 8.32. The summed E-state index contributed by atoms with van der Waals surface area (Å²) < 4.78 is 25.2. The van der Waals surface area contributed by atoms with E-state index in [2.05, 4.69) is 15.2 Å². The van der Waals surface area contributed by atoms with Gasteiger partial charge in [0.05, 0.1) is 12.8 Å². The third-order valence-corrected chi connectivity index (χ3v) is 4.98. The topological polar surface area (TPSA) is 92.0 Å². The summed E-state index contributed by atoms with van der Waals surface area (Å²) in [4.78, 5) is 4.49. The number of hydrogen-bond acceptors (Lipinski definition) is 7. The average molecular weight is 397 g/mol. The van der Waals surface area contributed by atoms with Crippen molar-refractivity contribution in [1.29, 1.82) is 0 Å². The van der Waals surface area contributed by atoms with Crippen LogP contribution < -0.4 is 10.6 Å². The van der Waals surface area contributed by atoms with Crippen LogP contribution in [-0.2, 0) is 5.75 Å². The van der Waals surface area contributed by atoms with Gasteiger partial charge in [0.2, 0.25) is 11.0 Å². The zero-order valence-electron chi connectivity index (χ0n) is 14.9. The molecule has 0 atom stereocenters. The molecule has 2 N–H and O–H groups in total. The lowest BCUT2D eigenvalue weighted by Crippen LogP contribution is -2.11. The molecular weight excluding hydrogens is 381 g/mol. The molecular formula is C19H16FN5O2S. The van der Waals surface area contributed by atoms with E-state index in [0.29, 0.717) is 28.2 Å². The van der Waals surface area contributed by atoms with Crippen molar-refractivity contribution in [1.82, 2.24) is 19.9 Å². The number of rotatable bonds is 6. The number of halogens is 1. The summed E-state index contributed by atoms with van der Waals surface area (Å²) in [6.07, 6.45) is 1.60. The minimum absolute atomic E-state index is 0.319. The van der Waals surface area contributed by atoms with Gasteiger partial charge in [0.15, 0.2) is 5.82 Å². The quantitative estimate of drug-likeness (QED) is 0.391. The number of nitrogens with two attached hydrogens (primary N) is 1. The van der Waals surface area contributed by atoms with Crippen LogP contribution in [0.5, 0.6) is 5.75 Å². The number of oxazole rings is 1. The maximum Gasteiger partial charge on any atom is 0.226 e. The van der Waals surface area contributed by atoms with Crippen LogP contribution >= 0.6 is 11.8 Å². The first-order valence-corrected chi connectivity index (χ1v) is 9.30. The molecule has 0 fully saturated rings. The number of nitrogen functional groups attached to an aromatic ring is 1. The molecule has 0 saturated heterocycles. The minimum atomic E-state index is -0.319. The van der Waals surface area contributed by atoms with Crippen molar-refractivity contribution in [2.45, 2.75) is 10.9 Å². The lowest BCUT2D eigenvalue weighted by molar-refractivity contribution is 0.415. The normalized spacial score (nSPS) is 10.9. The SMILES string of the molecule is COc1ccc(-c2nc(CSc3nnc(-c4ccc(F)cc4)n3N)co2)cc1. The molecule has 4 aromatic rings. The van der Waals surface area contributed by atoms with Gasteiger partial charge in [-0.05, 0) is 48.5 Å². The Morgan fingerprint density at radius 1 is 1.07 bits per heavy atom. The Balaban J connectivity index is 1.45. The van der Waals surface area contributed by atoms with Gasteiger partial charge in [0, 0.05) is 16.9 Å². The van der Waals surface area contributed by atoms with E-state index >= 15 is 0 Å². The third kappa shape index (κ3) is 3.70. The highest BCUT2D eigenvalue weighted by Gasteiger charge is 2.14. The zero-order chi connectivity index (χ0) is 19.5. The van der Waals surface area contributed by atoms with Crippen LogP contribution in [0.4, 0.5) is 4.39 Å². The van der Waals surface area contributed by atoms with E-state index < -0.39 is 0 Å². The second-order valence-electron chi connectivity index (χ2n) is 5.84. The van der Waals surface area contributed by atoms with Gasteiger partial charge in [0.25, 0.3) is 0 Å². The van der Waals surface area contributed by atoms with Gasteiger partial charge in [-0.25, -0.2) is 14.1 Å². The lowest BCUT2D eigenvalue weighted by Gasteiger charge is -2.03. The van der Waals surface area contributed by atoms with Gasteiger partial charge in [0.1, 0.15) is 17.8 Å². The molecule has 0 aliphatic carbocycles. The van der Waals surface area contributed by atoms with Crippen molar-refractivity contribution in [2.75, 3.05) is 13.0 Å². The highest BCUT2D eigenvalue weighted by Crippen LogP contribution is 2.26. The fourth-order valence-electron chi connectivity index (χ4n) is 2.55. The predicted molar refractivity (Wildman–Crippen MR) is 104 cm³/mol. The Bertz CT molecular complexity index is 1080. The summed E-state index contributed by atoms with van der Waals surface area (Å²) in [6.45, 7) is 0. The summed E-state index contributed by atoms with van der Waals surface area (Å²) in [5.41, 5.74) is 2.30. The molecule has 2 aromatic heterocycles. The van der Waals surface area contributed by atoms with E-state index in [1.165, 1.54) is 28.6 Å². The molecule has 2 aromatic carbocycles. The van der Waals surface area contributed by atoms with Crippen molar-refractivity contribution in [3.63, 3.8) is 0 Å². The highest BCUT2D eigenvalue weighted by molar-refractivity contribution is 7.98. The van der Waals surface area contributed by atoms with Crippen molar-refractivity contribution in [3.05, 3.63) is 66.3 Å². The van der Waals surface area contributed by atoms with E-state index in [-0.39, 0.29) is 5.82 Å². The van der Waals surface area contributed by atoms with Crippen LogP contribution in [0.3, 0.4) is 0 Å². The van der Waals surface area contributed by atoms with E-state index in [1.807, 2.05) is 24.3 Å². The highest BCUT2D eigenvalue weighted by atomic mass is 32.2. The summed E-state index contributed by atoms with van der Waals surface area (Å²) in [5.74, 6) is 8.03. The van der Waals surface area contributed by atoms with Crippen LogP contribution in [0.25, 0.3) is 22.8 Å². The second-order valence-corrected chi connectivity index (χ2v) is 6.79. The molecule has 0 bridgehead atoms. The number of nitrogens with zero attached hydrogens (tertiary/aromatic N) is 4. The van der Waals surface area contributed by atoms with Crippen LogP contribution in [0.15, 0.2) is 64.4 Å². The molecule has 7 nitrogen and oxygen atoms in total. The molecule has 142 valence electrons. The van der Waals surface area contributed by atoms with E-state index in [1.54, 1.807) is 25.5 Å². The average Bonchev–Trinajstić information content (AvgIpc) is 3.34. The van der Waals surface area contributed by atoms with Crippen LogP contribution in [0.1, 0.15) is 5.69 Å². The molecule has 0 amide bonds. The Kier molecular flexibility index (Phi) is 4.98. The fourth-order valence-corrected chi connectivity index (χ4v) is 3.28. The van der Waals surface area contributed by atoms with Gasteiger partial charge in [-0.2, -0.15) is 0 Å². The van der Waals surface area contributed by atoms with Gasteiger partial charge in [-0.1, -0.05) is 11.8 Å². The number of benzene rings is 2. The molecule has 2 heterocycles. The summed E-state index contributed by atoms with van der Waals surface area (Å²) >= 11 is 1.38. The molecule has 4 rings (SSSR count). The van der Waals surface area contributed by atoms with E-state index in [4.69, 9.17) is 15.0 Å². The van der Waals surface area contributed by atoms with Gasteiger partial charge >= 0.3 is 0 Å². The number of ether oxygens (including phenoxy) is 1. The predicted octanol–water partition coefficient (Wildman–Crippen LogP) is 3.75. The van der Waals surface area contributed by atoms with Gasteiger partial charge in [-0.15, -0.1) is 10.2 Å². The molecule has 0 aliphatic rings. The smallest absolute Gasteiger partial charge is 0.226 e. The van der Waals surface area contributed by atoms with E-state index in [0.717, 1.165) is 17.0 Å².